The number of amides is 1. The van der Waals surface area contributed by atoms with E-state index in [-0.39, 0.29) is 17.6 Å². The maximum absolute atomic E-state index is 12.5. The number of hydrogen-bond donors (Lipinski definition) is 1. The zero-order valence-electron chi connectivity index (χ0n) is 15.1. The van der Waals surface area contributed by atoms with E-state index in [0.717, 1.165) is 4.47 Å². The predicted molar refractivity (Wildman–Crippen MR) is 113 cm³/mol. The summed E-state index contributed by atoms with van der Waals surface area (Å²) in [6.07, 6.45) is 2.88. The van der Waals surface area contributed by atoms with Crippen LogP contribution in [0, 0.1) is 5.92 Å². The highest BCUT2D eigenvalue weighted by Crippen LogP contribution is 2.21. The molecule has 0 radical (unpaired) electrons. The Balaban J connectivity index is 1.46. The van der Waals surface area contributed by atoms with Gasteiger partial charge in [-0.1, -0.05) is 27.5 Å². The Bertz CT molecular complexity index is 912. The number of carbonyl (C=O) groups excluding carboxylic acids is 1. The molecule has 1 aromatic carbocycles. The molecule has 0 aliphatic carbocycles. The molecule has 1 aromatic heterocycles. The van der Waals surface area contributed by atoms with Gasteiger partial charge < -0.3 is 10.2 Å². The number of anilines is 1. The largest absolute Gasteiger partial charge is 0.310 e. The molecule has 1 aliphatic rings. The highest BCUT2D eigenvalue weighted by Gasteiger charge is 2.26. The highest BCUT2D eigenvalue weighted by atomic mass is 79.9. The van der Waals surface area contributed by atoms with Crippen LogP contribution in [-0.4, -0.2) is 49.6 Å². The van der Waals surface area contributed by atoms with Gasteiger partial charge in [0.1, 0.15) is 5.82 Å². The first-order valence-corrected chi connectivity index (χ1v) is 11.8. The average Bonchev–Trinajstić information content (AvgIpc) is 2.69. The highest BCUT2D eigenvalue weighted by molar-refractivity contribution is 9.10. The van der Waals surface area contributed by atoms with Gasteiger partial charge in [-0.15, -0.1) is 0 Å². The minimum Gasteiger partial charge on any atom is -0.310 e. The first-order valence-electron chi connectivity index (χ1n) is 8.96. The van der Waals surface area contributed by atoms with Gasteiger partial charge in [0.2, 0.25) is 5.91 Å². The van der Waals surface area contributed by atoms with Gasteiger partial charge in [0.05, 0.1) is 15.7 Å². The number of nitrogens with zero attached hydrogens (tertiary/aromatic N) is 2. The number of aromatic nitrogens is 1. The zero-order valence-corrected chi connectivity index (χ0v) is 18.3. The third-order valence-electron chi connectivity index (χ3n) is 4.79. The normalized spacial score (nSPS) is 16.1. The van der Waals surface area contributed by atoms with E-state index < -0.39 is 9.84 Å². The number of benzene rings is 1. The smallest absolute Gasteiger partial charge is 0.228 e. The summed E-state index contributed by atoms with van der Waals surface area (Å²) >= 11 is 9.10. The van der Waals surface area contributed by atoms with Gasteiger partial charge in [-0.25, -0.2) is 13.4 Å². The van der Waals surface area contributed by atoms with Gasteiger partial charge in [-0.3, -0.25) is 4.79 Å². The average molecular weight is 487 g/mol. The van der Waals surface area contributed by atoms with Gasteiger partial charge in [-0.2, -0.15) is 0 Å². The van der Waals surface area contributed by atoms with Gasteiger partial charge in [0.15, 0.2) is 9.84 Å². The van der Waals surface area contributed by atoms with E-state index in [9.17, 15) is 13.2 Å². The van der Waals surface area contributed by atoms with Crippen molar-refractivity contribution in [1.82, 2.24) is 9.88 Å². The van der Waals surface area contributed by atoms with Crippen molar-refractivity contribution in [2.45, 2.75) is 17.7 Å². The molecular weight excluding hydrogens is 466 g/mol. The third-order valence-corrected chi connectivity index (χ3v) is 7.25. The lowest BCUT2D eigenvalue weighted by atomic mass is 9.96. The molecule has 0 unspecified atom stereocenters. The second-order valence-corrected chi connectivity index (χ2v) is 10.2. The van der Waals surface area contributed by atoms with Gasteiger partial charge in [0, 0.05) is 23.1 Å². The molecule has 150 valence electrons. The Labute approximate surface area is 178 Å². The lowest BCUT2D eigenvalue weighted by molar-refractivity contribution is -0.121. The topological polar surface area (TPSA) is 79.4 Å². The van der Waals surface area contributed by atoms with E-state index in [1.165, 1.54) is 6.20 Å². The van der Waals surface area contributed by atoms with E-state index in [0.29, 0.717) is 48.2 Å². The number of likely N-dealkylation sites (tertiary alicyclic amines) is 1. The van der Waals surface area contributed by atoms with E-state index in [1.54, 1.807) is 36.4 Å². The molecule has 0 saturated carbocycles. The molecule has 2 heterocycles. The molecule has 1 fully saturated rings. The van der Waals surface area contributed by atoms with E-state index in [2.05, 4.69) is 31.1 Å². The van der Waals surface area contributed by atoms with E-state index in [4.69, 9.17) is 11.6 Å². The molecule has 3 rings (SSSR count). The van der Waals surface area contributed by atoms with Crippen molar-refractivity contribution in [3.8, 4) is 0 Å². The second kappa shape index (κ2) is 9.35. The maximum Gasteiger partial charge on any atom is 0.228 e. The summed E-state index contributed by atoms with van der Waals surface area (Å²) in [5, 5.41) is 3.33. The fourth-order valence-corrected chi connectivity index (χ4v) is 4.77. The van der Waals surface area contributed by atoms with Crippen molar-refractivity contribution >= 4 is 49.1 Å². The standard InChI is InChI=1S/C19H21BrClN3O3S/c20-15-1-4-17(5-2-15)28(26,27)12-11-24-9-7-14(8-10-24)19(25)23-18-6-3-16(21)13-22-18/h1-6,13-14H,7-12H2,(H,22,23,25). The quantitative estimate of drug-likeness (QED) is 0.674. The molecule has 1 aliphatic heterocycles. The fourth-order valence-electron chi connectivity index (χ4n) is 3.11. The molecule has 0 bridgehead atoms. The lowest BCUT2D eigenvalue weighted by Gasteiger charge is -2.31. The number of sulfone groups is 1. The van der Waals surface area contributed by atoms with Crippen LogP contribution in [0.2, 0.25) is 5.02 Å². The number of piperidine rings is 1. The Morgan fingerprint density at radius 2 is 1.86 bits per heavy atom. The third kappa shape index (κ3) is 5.76. The number of carbonyl (C=O) groups is 1. The number of hydrogen-bond acceptors (Lipinski definition) is 5. The molecule has 0 spiro atoms. The molecule has 9 heteroatoms. The van der Waals surface area contributed by atoms with Crippen molar-refractivity contribution < 1.29 is 13.2 Å². The van der Waals surface area contributed by atoms with Crippen LogP contribution in [0.5, 0.6) is 0 Å². The maximum atomic E-state index is 12.5. The molecule has 1 amide bonds. The lowest BCUT2D eigenvalue weighted by Crippen LogP contribution is -2.40. The van der Waals surface area contributed by atoms with Crippen molar-refractivity contribution in [1.29, 1.82) is 0 Å². The number of halogens is 2. The van der Waals surface area contributed by atoms with Crippen molar-refractivity contribution in [3.63, 3.8) is 0 Å². The molecule has 2 aromatic rings. The predicted octanol–water partition coefficient (Wildman–Crippen LogP) is 3.62. The summed E-state index contributed by atoms with van der Waals surface area (Å²) in [5.74, 6) is 0.395. The number of rotatable bonds is 6. The minimum atomic E-state index is -3.31. The first-order chi connectivity index (χ1) is 13.3. The van der Waals surface area contributed by atoms with Crippen LogP contribution in [-0.2, 0) is 14.6 Å². The van der Waals surface area contributed by atoms with Crippen LogP contribution in [0.1, 0.15) is 12.8 Å². The summed E-state index contributed by atoms with van der Waals surface area (Å²) in [7, 11) is -3.31. The van der Waals surface area contributed by atoms with Crippen LogP contribution in [0.15, 0.2) is 52.0 Å². The van der Waals surface area contributed by atoms with Crippen LogP contribution >= 0.6 is 27.5 Å². The Hall–Kier alpha value is -1.48. The molecule has 28 heavy (non-hydrogen) atoms. The summed E-state index contributed by atoms with van der Waals surface area (Å²) in [6, 6.07) is 10.0. The zero-order chi connectivity index (χ0) is 20.1. The van der Waals surface area contributed by atoms with Gasteiger partial charge in [-0.05, 0) is 62.3 Å². The Morgan fingerprint density at radius 3 is 2.46 bits per heavy atom. The van der Waals surface area contributed by atoms with Gasteiger partial charge in [0.25, 0.3) is 0 Å². The van der Waals surface area contributed by atoms with Crippen LogP contribution < -0.4 is 5.32 Å². The van der Waals surface area contributed by atoms with Crippen LogP contribution in [0.25, 0.3) is 0 Å². The summed E-state index contributed by atoms with van der Waals surface area (Å²) in [6.45, 7) is 1.86. The monoisotopic (exact) mass is 485 g/mol. The minimum absolute atomic E-state index is 0.0584. The number of pyridine rings is 1. The molecule has 1 N–H and O–H groups in total. The SMILES string of the molecule is O=C(Nc1ccc(Cl)cn1)C1CCN(CCS(=O)(=O)c2ccc(Br)cc2)CC1. The summed E-state index contributed by atoms with van der Waals surface area (Å²) in [5.41, 5.74) is 0. The van der Waals surface area contributed by atoms with Crippen molar-refractivity contribution in [3.05, 3.63) is 52.1 Å². The first kappa shape index (κ1) is 21.2. The fraction of sp³-hybridized carbons (Fsp3) is 0.368. The van der Waals surface area contributed by atoms with Crippen molar-refractivity contribution in [2.24, 2.45) is 5.92 Å². The number of nitrogens with one attached hydrogen (secondary N) is 1. The molecule has 0 atom stereocenters. The Kier molecular flexibility index (Phi) is 7.09. The van der Waals surface area contributed by atoms with Crippen LogP contribution in [0.4, 0.5) is 5.82 Å². The molecule has 1 saturated heterocycles. The summed E-state index contributed by atoms with van der Waals surface area (Å²) in [4.78, 5) is 18.9. The van der Waals surface area contributed by atoms with E-state index >= 15 is 0 Å². The second-order valence-electron chi connectivity index (χ2n) is 6.74. The molecule has 6 nitrogen and oxygen atoms in total. The Morgan fingerprint density at radius 1 is 1.18 bits per heavy atom. The van der Waals surface area contributed by atoms with Crippen molar-refractivity contribution in [2.75, 3.05) is 30.7 Å². The molecular formula is C19H21BrClN3O3S. The van der Waals surface area contributed by atoms with Gasteiger partial charge >= 0.3 is 0 Å². The van der Waals surface area contributed by atoms with Crippen LogP contribution in [0.3, 0.4) is 0 Å². The van der Waals surface area contributed by atoms with E-state index in [1.807, 2.05) is 0 Å². The summed E-state index contributed by atoms with van der Waals surface area (Å²) < 4.78 is 25.8.